The Morgan fingerprint density at radius 2 is 1.77 bits per heavy atom. The van der Waals surface area contributed by atoms with Crippen LogP contribution in [0.3, 0.4) is 0 Å². The van der Waals surface area contributed by atoms with Crippen LogP contribution in [-0.4, -0.2) is 13.1 Å². The first-order valence-electron chi connectivity index (χ1n) is 10.1. The molecule has 0 spiro atoms. The van der Waals surface area contributed by atoms with Crippen LogP contribution in [0.2, 0.25) is 5.02 Å². The summed E-state index contributed by atoms with van der Waals surface area (Å²) in [5.74, 6) is 0.194. The number of esters is 1. The van der Waals surface area contributed by atoms with Crippen molar-refractivity contribution in [3.8, 4) is 11.5 Å². The highest BCUT2D eigenvalue weighted by molar-refractivity contribution is 6.30. The van der Waals surface area contributed by atoms with Crippen molar-refractivity contribution in [2.75, 3.05) is 7.11 Å². The molecule has 3 aromatic carbocycles. The van der Waals surface area contributed by atoms with E-state index in [4.69, 9.17) is 21.1 Å². The standard InChI is InChI=1S/C26H22ClFO3/c1-30-25(29)23-12-7-18(16-24(23)31-22-5-3-2-4-6-22)15-21(28)17-26(13-14-26)19-8-10-20(27)11-9-19/h2-12,16-17H,13-15H2,1H3/b21-17-. The number of halogens is 2. The summed E-state index contributed by atoms with van der Waals surface area (Å²) in [5, 5.41) is 0.667. The summed E-state index contributed by atoms with van der Waals surface area (Å²) in [6.45, 7) is 0. The highest BCUT2D eigenvalue weighted by Crippen LogP contribution is 2.50. The molecule has 0 radical (unpaired) electrons. The molecule has 1 fully saturated rings. The van der Waals surface area contributed by atoms with E-state index in [2.05, 4.69) is 0 Å². The lowest BCUT2D eigenvalue weighted by Gasteiger charge is -2.13. The van der Waals surface area contributed by atoms with Crippen LogP contribution >= 0.6 is 11.6 Å². The van der Waals surface area contributed by atoms with Crippen LogP contribution in [0.4, 0.5) is 4.39 Å². The fourth-order valence-electron chi connectivity index (χ4n) is 3.63. The maximum atomic E-state index is 15.0. The molecule has 1 aliphatic rings. The van der Waals surface area contributed by atoms with E-state index in [0.29, 0.717) is 27.6 Å². The van der Waals surface area contributed by atoms with E-state index in [0.717, 1.165) is 18.4 Å². The lowest BCUT2D eigenvalue weighted by Crippen LogP contribution is -2.05. The predicted octanol–water partition coefficient (Wildman–Crippen LogP) is 7.05. The Kier molecular flexibility index (Phi) is 6.10. The van der Waals surface area contributed by atoms with Crippen LogP contribution in [0.25, 0.3) is 0 Å². The van der Waals surface area contributed by atoms with Crippen molar-refractivity contribution in [2.45, 2.75) is 24.7 Å². The summed E-state index contributed by atoms with van der Waals surface area (Å²) in [5.41, 5.74) is 1.81. The van der Waals surface area contributed by atoms with E-state index >= 15 is 0 Å². The van der Waals surface area contributed by atoms with E-state index in [1.54, 1.807) is 36.4 Å². The Bertz CT molecular complexity index is 1100. The third-order valence-corrected chi connectivity index (χ3v) is 5.69. The zero-order valence-electron chi connectivity index (χ0n) is 17.1. The monoisotopic (exact) mass is 436 g/mol. The molecule has 5 heteroatoms. The van der Waals surface area contributed by atoms with E-state index in [1.165, 1.54) is 7.11 Å². The fraction of sp³-hybridized carbons (Fsp3) is 0.192. The van der Waals surface area contributed by atoms with Crippen LogP contribution in [0, 0.1) is 0 Å². The Morgan fingerprint density at radius 1 is 1.06 bits per heavy atom. The average Bonchev–Trinajstić information content (AvgIpc) is 3.55. The molecule has 0 saturated heterocycles. The normalized spacial score (nSPS) is 14.7. The third-order valence-electron chi connectivity index (χ3n) is 5.44. The third kappa shape index (κ3) is 4.97. The van der Waals surface area contributed by atoms with Crippen molar-refractivity contribution in [1.29, 1.82) is 0 Å². The number of carbonyl (C=O) groups excluding carboxylic acids is 1. The lowest BCUT2D eigenvalue weighted by atomic mass is 9.94. The van der Waals surface area contributed by atoms with Crippen molar-refractivity contribution in [2.24, 2.45) is 0 Å². The summed E-state index contributed by atoms with van der Waals surface area (Å²) in [6.07, 6.45) is 3.64. The molecule has 0 aromatic heterocycles. The average molecular weight is 437 g/mol. The summed E-state index contributed by atoms with van der Waals surface area (Å²) >= 11 is 5.98. The van der Waals surface area contributed by atoms with Gasteiger partial charge in [-0.2, -0.15) is 0 Å². The van der Waals surface area contributed by atoms with Crippen LogP contribution in [0.5, 0.6) is 11.5 Å². The number of hydrogen-bond acceptors (Lipinski definition) is 3. The first-order valence-corrected chi connectivity index (χ1v) is 10.4. The van der Waals surface area contributed by atoms with E-state index in [1.807, 2.05) is 42.5 Å². The molecule has 0 amide bonds. The van der Waals surface area contributed by atoms with Gasteiger partial charge in [-0.1, -0.05) is 48.0 Å². The van der Waals surface area contributed by atoms with Gasteiger partial charge < -0.3 is 9.47 Å². The molecular formula is C26H22ClFO3. The number of allylic oxidation sites excluding steroid dienone is 2. The molecule has 0 atom stereocenters. The second-order valence-electron chi connectivity index (χ2n) is 7.67. The Balaban J connectivity index is 1.58. The van der Waals surface area contributed by atoms with Crippen molar-refractivity contribution < 1.29 is 18.7 Å². The maximum Gasteiger partial charge on any atom is 0.341 e. The predicted molar refractivity (Wildman–Crippen MR) is 120 cm³/mol. The molecule has 3 nitrogen and oxygen atoms in total. The number of hydrogen-bond donors (Lipinski definition) is 0. The SMILES string of the molecule is COC(=O)c1ccc(C/C(F)=C/C2(c3ccc(Cl)cc3)CC2)cc1Oc1ccccc1. The largest absolute Gasteiger partial charge is 0.465 e. The lowest BCUT2D eigenvalue weighted by molar-refractivity contribution is 0.0598. The second kappa shape index (κ2) is 8.94. The van der Waals surface area contributed by atoms with Crippen LogP contribution < -0.4 is 4.74 Å². The number of rotatable bonds is 7. The van der Waals surface area contributed by atoms with Crippen molar-refractivity contribution in [3.63, 3.8) is 0 Å². The maximum absolute atomic E-state index is 15.0. The first kappa shape index (κ1) is 21.1. The molecule has 0 heterocycles. The van der Waals surface area contributed by atoms with Crippen molar-refractivity contribution in [3.05, 3.63) is 106 Å². The fourth-order valence-corrected chi connectivity index (χ4v) is 3.76. The minimum absolute atomic E-state index is 0.113. The summed E-state index contributed by atoms with van der Waals surface area (Å²) < 4.78 is 25.7. The van der Waals surface area contributed by atoms with Gasteiger partial charge >= 0.3 is 5.97 Å². The molecule has 0 bridgehead atoms. The summed E-state index contributed by atoms with van der Waals surface area (Å²) in [7, 11) is 1.32. The van der Waals surface area contributed by atoms with Gasteiger partial charge in [0, 0.05) is 16.9 Å². The Labute approximate surface area is 186 Å². The molecule has 0 N–H and O–H groups in total. The highest BCUT2D eigenvalue weighted by Gasteiger charge is 2.42. The van der Waals surface area contributed by atoms with Gasteiger partial charge in [-0.25, -0.2) is 9.18 Å². The van der Waals surface area contributed by atoms with Gasteiger partial charge in [-0.15, -0.1) is 0 Å². The quantitative estimate of drug-likeness (QED) is 0.372. The number of methoxy groups -OCH3 is 1. The van der Waals surface area contributed by atoms with E-state index < -0.39 is 5.97 Å². The molecule has 1 aliphatic carbocycles. The Morgan fingerprint density at radius 3 is 2.42 bits per heavy atom. The number of para-hydroxylation sites is 1. The summed E-state index contributed by atoms with van der Waals surface area (Å²) in [6, 6.07) is 21.7. The van der Waals surface area contributed by atoms with Gasteiger partial charge in [-0.3, -0.25) is 0 Å². The number of benzene rings is 3. The molecule has 158 valence electrons. The zero-order valence-corrected chi connectivity index (χ0v) is 17.9. The van der Waals surface area contributed by atoms with Crippen LogP contribution in [0.15, 0.2) is 84.7 Å². The van der Waals surface area contributed by atoms with Crippen LogP contribution in [-0.2, 0) is 16.6 Å². The van der Waals surface area contributed by atoms with Crippen molar-refractivity contribution >= 4 is 17.6 Å². The highest BCUT2D eigenvalue weighted by atomic mass is 35.5. The minimum Gasteiger partial charge on any atom is -0.465 e. The van der Waals surface area contributed by atoms with Gasteiger partial charge in [0.15, 0.2) is 0 Å². The number of carbonyl (C=O) groups is 1. The molecule has 1 saturated carbocycles. The summed E-state index contributed by atoms with van der Waals surface area (Å²) in [4.78, 5) is 12.1. The smallest absolute Gasteiger partial charge is 0.341 e. The topological polar surface area (TPSA) is 35.5 Å². The Hall–Kier alpha value is -3.11. The van der Waals surface area contributed by atoms with Gasteiger partial charge in [0.1, 0.15) is 22.9 Å². The van der Waals surface area contributed by atoms with Gasteiger partial charge in [0.05, 0.1) is 7.11 Å². The van der Waals surface area contributed by atoms with Crippen molar-refractivity contribution in [1.82, 2.24) is 0 Å². The molecule has 4 rings (SSSR count). The van der Waals surface area contributed by atoms with Crippen LogP contribution in [0.1, 0.15) is 34.3 Å². The number of ether oxygens (including phenoxy) is 2. The van der Waals surface area contributed by atoms with Gasteiger partial charge in [-0.05, 0) is 66.4 Å². The first-order chi connectivity index (χ1) is 15.0. The van der Waals surface area contributed by atoms with E-state index in [-0.39, 0.29) is 17.7 Å². The van der Waals surface area contributed by atoms with E-state index in [9.17, 15) is 9.18 Å². The second-order valence-corrected chi connectivity index (χ2v) is 8.10. The molecule has 0 aliphatic heterocycles. The molecule has 31 heavy (non-hydrogen) atoms. The molecule has 3 aromatic rings. The van der Waals surface area contributed by atoms with Gasteiger partial charge in [0.2, 0.25) is 0 Å². The van der Waals surface area contributed by atoms with Gasteiger partial charge in [0.25, 0.3) is 0 Å². The zero-order chi connectivity index (χ0) is 21.8. The molecule has 0 unspecified atom stereocenters. The minimum atomic E-state index is -0.506. The molecular weight excluding hydrogens is 415 g/mol.